The van der Waals surface area contributed by atoms with Crippen LogP contribution in [0.3, 0.4) is 0 Å². The van der Waals surface area contributed by atoms with E-state index >= 15 is 0 Å². The van der Waals surface area contributed by atoms with Crippen LogP contribution in [0.4, 0.5) is 11.5 Å². The van der Waals surface area contributed by atoms with Crippen LogP contribution in [0.25, 0.3) is 0 Å². The predicted octanol–water partition coefficient (Wildman–Crippen LogP) is 1.84. The smallest absolute Gasteiger partial charge is 0.239 e. The molecule has 0 aliphatic carbocycles. The molecule has 20 heavy (non-hydrogen) atoms. The summed E-state index contributed by atoms with van der Waals surface area (Å²) in [6, 6.07) is 3.84. The fourth-order valence-electron chi connectivity index (χ4n) is 2.62. The van der Waals surface area contributed by atoms with Gasteiger partial charge in [-0.3, -0.25) is 0 Å². The SMILES string of the molecule is CCCOc1nc(N(C)CC2CCN(C)C2)ccc1N. The van der Waals surface area contributed by atoms with E-state index in [4.69, 9.17) is 10.5 Å². The van der Waals surface area contributed by atoms with Gasteiger partial charge >= 0.3 is 0 Å². The van der Waals surface area contributed by atoms with Gasteiger partial charge in [0.05, 0.1) is 12.3 Å². The average molecular weight is 278 g/mol. The van der Waals surface area contributed by atoms with Gasteiger partial charge in [-0.15, -0.1) is 0 Å². The molecular weight excluding hydrogens is 252 g/mol. The van der Waals surface area contributed by atoms with Crippen LogP contribution in [0.1, 0.15) is 19.8 Å². The number of anilines is 2. The molecule has 0 radical (unpaired) electrons. The van der Waals surface area contributed by atoms with Crippen molar-refractivity contribution in [1.29, 1.82) is 0 Å². The Kier molecular flexibility index (Phi) is 5.06. The molecule has 1 aliphatic rings. The van der Waals surface area contributed by atoms with Gasteiger partial charge in [0.15, 0.2) is 0 Å². The third kappa shape index (κ3) is 3.76. The number of hydrogen-bond acceptors (Lipinski definition) is 5. The minimum absolute atomic E-state index is 0.555. The third-order valence-corrected chi connectivity index (χ3v) is 3.73. The number of nitrogens with two attached hydrogens (primary N) is 1. The molecule has 0 aromatic carbocycles. The van der Waals surface area contributed by atoms with Gasteiger partial charge in [-0.25, -0.2) is 0 Å². The molecule has 1 atom stereocenters. The first-order chi connectivity index (χ1) is 9.60. The summed E-state index contributed by atoms with van der Waals surface area (Å²) in [4.78, 5) is 9.11. The summed E-state index contributed by atoms with van der Waals surface area (Å²) in [6.45, 7) is 6.10. The number of aromatic nitrogens is 1. The second kappa shape index (κ2) is 6.79. The number of likely N-dealkylation sites (tertiary alicyclic amines) is 1. The summed E-state index contributed by atoms with van der Waals surface area (Å²) < 4.78 is 5.59. The Morgan fingerprint density at radius 2 is 2.30 bits per heavy atom. The van der Waals surface area contributed by atoms with Gasteiger partial charge < -0.3 is 20.3 Å². The second-order valence-corrected chi connectivity index (χ2v) is 5.71. The monoisotopic (exact) mass is 278 g/mol. The molecule has 2 N–H and O–H groups in total. The van der Waals surface area contributed by atoms with Crippen LogP contribution in [0.2, 0.25) is 0 Å². The van der Waals surface area contributed by atoms with Crippen LogP contribution in [-0.2, 0) is 0 Å². The lowest BCUT2D eigenvalue weighted by atomic mass is 10.1. The van der Waals surface area contributed by atoms with Crippen molar-refractivity contribution in [1.82, 2.24) is 9.88 Å². The van der Waals surface area contributed by atoms with E-state index in [0.717, 1.165) is 18.8 Å². The molecule has 0 spiro atoms. The number of ether oxygens (including phenoxy) is 1. The molecule has 1 fully saturated rings. The molecule has 5 heteroatoms. The molecule has 0 bridgehead atoms. The van der Waals surface area contributed by atoms with Crippen molar-refractivity contribution in [2.75, 3.05) is 51.0 Å². The van der Waals surface area contributed by atoms with Crippen molar-refractivity contribution in [3.8, 4) is 5.88 Å². The van der Waals surface area contributed by atoms with Crippen LogP contribution in [0.15, 0.2) is 12.1 Å². The van der Waals surface area contributed by atoms with Crippen molar-refractivity contribution in [2.45, 2.75) is 19.8 Å². The molecule has 2 heterocycles. The van der Waals surface area contributed by atoms with E-state index in [1.807, 2.05) is 12.1 Å². The van der Waals surface area contributed by atoms with E-state index in [0.29, 0.717) is 24.1 Å². The highest BCUT2D eigenvalue weighted by Gasteiger charge is 2.21. The quantitative estimate of drug-likeness (QED) is 0.860. The van der Waals surface area contributed by atoms with Gasteiger partial charge in [0.1, 0.15) is 5.82 Å². The van der Waals surface area contributed by atoms with Gasteiger partial charge in [0.25, 0.3) is 0 Å². The molecule has 0 amide bonds. The number of hydrogen-bond donors (Lipinski definition) is 1. The van der Waals surface area contributed by atoms with E-state index in [1.165, 1.54) is 19.5 Å². The third-order valence-electron chi connectivity index (χ3n) is 3.73. The van der Waals surface area contributed by atoms with Gasteiger partial charge in [0.2, 0.25) is 5.88 Å². The highest BCUT2D eigenvalue weighted by atomic mass is 16.5. The molecule has 1 saturated heterocycles. The Balaban J connectivity index is 2.00. The molecular formula is C15H26N4O. The highest BCUT2D eigenvalue weighted by Crippen LogP contribution is 2.24. The van der Waals surface area contributed by atoms with Crippen LogP contribution in [0, 0.1) is 5.92 Å². The normalized spacial score (nSPS) is 19.2. The van der Waals surface area contributed by atoms with E-state index in [9.17, 15) is 0 Å². The molecule has 1 unspecified atom stereocenters. The van der Waals surface area contributed by atoms with Crippen LogP contribution in [-0.4, -0.2) is 50.2 Å². The Bertz CT molecular complexity index is 438. The highest BCUT2D eigenvalue weighted by molar-refractivity contribution is 5.54. The van der Waals surface area contributed by atoms with Crippen LogP contribution in [0.5, 0.6) is 5.88 Å². The Morgan fingerprint density at radius 3 is 2.95 bits per heavy atom. The van der Waals surface area contributed by atoms with Crippen molar-refractivity contribution >= 4 is 11.5 Å². The average Bonchev–Trinajstić information content (AvgIpc) is 2.83. The van der Waals surface area contributed by atoms with Crippen LogP contribution < -0.4 is 15.4 Å². The van der Waals surface area contributed by atoms with E-state index in [1.54, 1.807) is 0 Å². The van der Waals surface area contributed by atoms with E-state index in [-0.39, 0.29) is 0 Å². The number of pyridine rings is 1. The van der Waals surface area contributed by atoms with Gasteiger partial charge in [-0.05, 0) is 44.5 Å². The van der Waals surface area contributed by atoms with E-state index in [2.05, 4.69) is 35.8 Å². The first-order valence-corrected chi connectivity index (χ1v) is 7.39. The lowest BCUT2D eigenvalue weighted by molar-refractivity contribution is 0.307. The van der Waals surface area contributed by atoms with E-state index < -0.39 is 0 Å². The summed E-state index contributed by atoms with van der Waals surface area (Å²) in [7, 11) is 4.26. The lowest BCUT2D eigenvalue weighted by Crippen LogP contribution is -2.28. The molecule has 1 aliphatic heterocycles. The lowest BCUT2D eigenvalue weighted by Gasteiger charge is -2.23. The minimum Gasteiger partial charge on any atom is -0.476 e. The predicted molar refractivity (Wildman–Crippen MR) is 83.3 cm³/mol. The zero-order chi connectivity index (χ0) is 14.5. The van der Waals surface area contributed by atoms with Gasteiger partial charge in [-0.2, -0.15) is 4.98 Å². The maximum atomic E-state index is 5.90. The van der Waals surface area contributed by atoms with Crippen molar-refractivity contribution in [3.05, 3.63) is 12.1 Å². The molecule has 0 saturated carbocycles. The van der Waals surface area contributed by atoms with Gasteiger partial charge in [-0.1, -0.05) is 6.92 Å². The summed E-state index contributed by atoms with van der Waals surface area (Å²) in [5, 5.41) is 0. The zero-order valence-corrected chi connectivity index (χ0v) is 12.8. The molecule has 1 aromatic heterocycles. The van der Waals surface area contributed by atoms with Crippen molar-refractivity contribution < 1.29 is 4.74 Å². The number of nitrogens with zero attached hydrogens (tertiary/aromatic N) is 3. The largest absolute Gasteiger partial charge is 0.476 e. The summed E-state index contributed by atoms with van der Waals surface area (Å²) in [5.41, 5.74) is 6.51. The maximum Gasteiger partial charge on any atom is 0.239 e. The Hall–Kier alpha value is -1.49. The van der Waals surface area contributed by atoms with Gasteiger partial charge in [0, 0.05) is 20.1 Å². The minimum atomic E-state index is 0.555. The second-order valence-electron chi connectivity index (χ2n) is 5.71. The molecule has 2 rings (SSSR count). The summed E-state index contributed by atoms with van der Waals surface area (Å²) >= 11 is 0. The van der Waals surface area contributed by atoms with Crippen molar-refractivity contribution in [2.24, 2.45) is 5.92 Å². The first kappa shape index (κ1) is 14.9. The number of nitrogen functional groups attached to an aromatic ring is 1. The fraction of sp³-hybridized carbons (Fsp3) is 0.667. The molecule has 1 aromatic rings. The fourth-order valence-corrected chi connectivity index (χ4v) is 2.62. The first-order valence-electron chi connectivity index (χ1n) is 7.39. The van der Waals surface area contributed by atoms with Crippen LogP contribution >= 0.6 is 0 Å². The summed E-state index contributed by atoms with van der Waals surface area (Å²) in [5.74, 6) is 2.20. The topological polar surface area (TPSA) is 54.6 Å². The molecule has 5 nitrogen and oxygen atoms in total. The number of rotatable bonds is 6. The Labute approximate surface area is 121 Å². The summed E-state index contributed by atoms with van der Waals surface area (Å²) in [6.07, 6.45) is 2.21. The molecule has 112 valence electrons. The van der Waals surface area contributed by atoms with Crippen molar-refractivity contribution in [3.63, 3.8) is 0 Å². The standard InChI is InChI=1S/C15H26N4O/c1-4-9-20-15-13(16)5-6-14(17-15)19(3)11-12-7-8-18(2)10-12/h5-6,12H,4,7-11,16H2,1-3H3. The maximum absolute atomic E-state index is 5.90. The zero-order valence-electron chi connectivity index (χ0n) is 12.8. The Morgan fingerprint density at radius 1 is 1.50 bits per heavy atom.